The van der Waals surface area contributed by atoms with Gasteiger partial charge in [-0.2, -0.15) is 0 Å². The van der Waals surface area contributed by atoms with Crippen LogP contribution in [0.1, 0.15) is 30.4 Å². The lowest BCUT2D eigenvalue weighted by atomic mass is 9.98. The summed E-state index contributed by atoms with van der Waals surface area (Å²) in [5.74, 6) is -0.245. The first-order valence-electron chi connectivity index (χ1n) is 11.8. The van der Waals surface area contributed by atoms with Crippen LogP contribution in [0.25, 0.3) is 11.1 Å². The van der Waals surface area contributed by atoms with E-state index in [9.17, 15) is 13.2 Å². The molecule has 4 rings (SSSR count). The van der Waals surface area contributed by atoms with E-state index in [-0.39, 0.29) is 31.0 Å². The normalized spacial score (nSPS) is 15.5. The van der Waals surface area contributed by atoms with E-state index in [1.54, 1.807) is 12.1 Å². The zero-order chi connectivity index (χ0) is 24.9. The van der Waals surface area contributed by atoms with Gasteiger partial charge in [0, 0.05) is 13.2 Å². The Labute approximate surface area is 207 Å². The molecule has 35 heavy (non-hydrogen) atoms. The van der Waals surface area contributed by atoms with Crippen LogP contribution in [-0.4, -0.2) is 38.9 Å². The number of nitrogens with two attached hydrogens (primary N) is 1. The van der Waals surface area contributed by atoms with Crippen LogP contribution in [0.4, 0.5) is 0 Å². The summed E-state index contributed by atoms with van der Waals surface area (Å²) in [6, 6.07) is 23.2. The summed E-state index contributed by atoms with van der Waals surface area (Å²) >= 11 is 0. The molecular formula is C28H31NO5S. The average Bonchev–Trinajstić information content (AvgIpc) is 2.88. The van der Waals surface area contributed by atoms with E-state index in [2.05, 4.69) is 55.5 Å². The lowest BCUT2D eigenvalue weighted by Crippen LogP contribution is -2.53. The number of sulfone groups is 1. The number of carbonyl (C=O) groups is 1. The third kappa shape index (κ3) is 5.41. The smallest absolute Gasteiger partial charge is 0.239 e. The highest BCUT2D eigenvalue weighted by Gasteiger charge is 2.51. The van der Waals surface area contributed by atoms with Crippen LogP contribution >= 0.6 is 0 Å². The second kappa shape index (κ2) is 10.6. The summed E-state index contributed by atoms with van der Waals surface area (Å²) in [4.78, 5) is 12.2. The molecule has 0 aliphatic carbocycles. The first kappa shape index (κ1) is 24.9. The molecule has 1 fully saturated rings. The summed E-state index contributed by atoms with van der Waals surface area (Å²) < 4.78 is 35.9. The summed E-state index contributed by atoms with van der Waals surface area (Å²) in [6.07, 6.45) is 1.82. The number of benzene rings is 3. The minimum absolute atomic E-state index is 0.0635. The number of amides is 1. The van der Waals surface area contributed by atoms with Gasteiger partial charge < -0.3 is 15.2 Å². The van der Waals surface area contributed by atoms with Gasteiger partial charge in [-0.05, 0) is 73.6 Å². The predicted octanol–water partition coefficient (Wildman–Crippen LogP) is 4.48. The van der Waals surface area contributed by atoms with Crippen molar-refractivity contribution >= 4 is 15.7 Å². The van der Waals surface area contributed by atoms with Crippen LogP contribution in [-0.2, 0) is 25.8 Å². The Bertz CT molecular complexity index is 1260. The summed E-state index contributed by atoms with van der Waals surface area (Å²) in [5.41, 5.74) is 10.4. The minimum atomic E-state index is -3.94. The van der Waals surface area contributed by atoms with E-state index in [0.717, 1.165) is 12.8 Å². The summed E-state index contributed by atoms with van der Waals surface area (Å²) in [5, 5.41) is 0. The largest absolute Gasteiger partial charge is 0.494 e. The molecule has 3 aromatic rings. The molecule has 3 aromatic carbocycles. The number of primary amides is 1. The molecule has 0 radical (unpaired) electrons. The number of hydrogen-bond donors (Lipinski definition) is 1. The van der Waals surface area contributed by atoms with Crippen molar-refractivity contribution in [3.63, 3.8) is 0 Å². The van der Waals surface area contributed by atoms with E-state index >= 15 is 0 Å². The second-order valence-corrected chi connectivity index (χ2v) is 11.2. The number of aryl methyl sites for hydroxylation is 2. The standard InChI is InChI=1S/C28H31NO5S/c1-21-7-9-23(10-8-21)24-6-2-4-22(20-24)5-3-17-34-25-11-13-26(14-12-25)35(31,32)28(27(29)30)15-18-33-19-16-28/h2,4,6-14,20H,3,5,15-19H2,1H3,(H2,29,30). The van der Waals surface area contributed by atoms with Crippen LogP contribution in [0.3, 0.4) is 0 Å². The Kier molecular flexibility index (Phi) is 7.57. The van der Waals surface area contributed by atoms with Crippen LogP contribution in [0.2, 0.25) is 0 Å². The van der Waals surface area contributed by atoms with E-state index in [1.807, 2.05) is 0 Å². The van der Waals surface area contributed by atoms with Crippen LogP contribution < -0.4 is 10.5 Å². The molecule has 0 spiro atoms. The maximum absolute atomic E-state index is 13.2. The Hall–Kier alpha value is -3.16. The third-order valence-corrected chi connectivity index (χ3v) is 9.12. The van der Waals surface area contributed by atoms with Crippen molar-refractivity contribution in [3.8, 4) is 16.9 Å². The third-order valence-electron chi connectivity index (χ3n) is 6.59. The van der Waals surface area contributed by atoms with Crippen molar-refractivity contribution in [2.45, 2.75) is 42.2 Å². The fourth-order valence-corrected chi connectivity index (χ4v) is 6.32. The van der Waals surface area contributed by atoms with Gasteiger partial charge in [0.2, 0.25) is 5.91 Å². The Morgan fingerprint density at radius 2 is 1.66 bits per heavy atom. The molecule has 0 saturated carbocycles. The van der Waals surface area contributed by atoms with Crippen molar-refractivity contribution in [2.24, 2.45) is 5.73 Å². The first-order chi connectivity index (χ1) is 16.8. The van der Waals surface area contributed by atoms with Crippen LogP contribution in [0.15, 0.2) is 77.7 Å². The van der Waals surface area contributed by atoms with Gasteiger partial charge in [0.1, 0.15) is 5.75 Å². The zero-order valence-corrected chi connectivity index (χ0v) is 20.7. The van der Waals surface area contributed by atoms with Crippen molar-refractivity contribution in [3.05, 3.63) is 83.9 Å². The highest BCUT2D eigenvalue weighted by atomic mass is 32.2. The zero-order valence-electron chi connectivity index (χ0n) is 19.9. The summed E-state index contributed by atoms with van der Waals surface area (Å²) in [7, 11) is -3.94. The lowest BCUT2D eigenvalue weighted by molar-refractivity contribution is -0.122. The highest BCUT2D eigenvalue weighted by Crippen LogP contribution is 2.35. The summed E-state index contributed by atoms with van der Waals surface area (Å²) in [6.45, 7) is 2.97. The van der Waals surface area contributed by atoms with Gasteiger partial charge in [-0.25, -0.2) is 8.42 Å². The molecule has 7 heteroatoms. The van der Waals surface area contributed by atoms with Crippen LogP contribution in [0, 0.1) is 6.92 Å². The number of rotatable bonds is 9. The van der Waals surface area contributed by atoms with Crippen molar-refractivity contribution in [1.29, 1.82) is 0 Å². The monoisotopic (exact) mass is 493 g/mol. The van der Waals surface area contributed by atoms with Gasteiger partial charge >= 0.3 is 0 Å². The second-order valence-electron chi connectivity index (χ2n) is 8.96. The van der Waals surface area contributed by atoms with Gasteiger partial charge in [-0.3, -0.25) is 4.79 Å². The fourth-order valence-electron chi connectivity index (χ4n) is 4.41. The number of ether oxygens (including phenoxy) is 2. The molecule has 1 amide bonds. The quantitative estimate of drug-likeness (QED) is 0.444. The first-order valence-corrected chi connectivity index (χ1v) is 13.3. The number of carbonyl (C=O) groups excluding carboxylic acids is 1. The molecule has 0 aromatic heterocycles. The predicted molar refractivity (Wildman–Crippen MR) is 136 cm³/mol. The topological polar surface area (TPSA) is 95.7 Å². The molecular weight excluding hydrogens is 462 g/mol. The highest BCUT2D eigenvalue weighted by molar-refractivity contribution is 7.93. The van der Waals surface area contributed by atoms with Gasteiger partial charge in [0.05, 0.1) is 11.5 Å². The minimum Gasteiger partial charge on any atom is -0.494 e. The van der Waals surface area contributed by atoms with Crippen molar-refractivity contribution in [2.75, 3.05) is 19.8 Å². The SMILES string of the molecule is Cc1ccc(-c2cccc(CCCOc3ccc(S(=O)(=O)C4(C(N)=O)CCOCC4)cc3)c2)cc1. The molecule has 184 valence electrons. The van der Waals surface area contributed by atoms with Gasteiger partial charge in [0.25, 0.3) is 0 Å². The molecule has 1 saturated heterocycles. The van der Waals surface area contributed by atoms with Gasteiger partial charge in [0.15, 0.2) is 14.6 Å². The Balaban J connectivity index is 1.34. The molecule has 0 atom stereocenters. The van der Waals surface area contributed by atoms with Crippen LogP contribution in [0.5, 0.6) is 5.75 Å². The number of hydrogen-bond acceptors (Lipinski definition) is 5. The molecule has 1 aliphatic heterocycles. The molecule has 6 nitrogen and oxygen atoms in total. The van der Waals surface area contributed by atoms with Crippen molar-refractivity contribution < 1.29 is 22.7 Å². The Morgan fingerprint density at radius 1 is 0.971 bits per heavy atom. The maximum atomic E-state index is 13.2. The molecule has 1 aliphatic rings. The lowest BCUT2D eigenvalue weighted by Gasteiger charge is -2.33. The maximum Gasteiger partial charge on any atom is 0.239 e. The van der Waals surface area contributed by atoms with Crippen molar-refractivity contribution in [1.82, 2.24) is 0 Å². The van der Waals surface area contributed by atoms with E-state index in [1.165, 1.54) is 34.4 Å². The molecule has 1 heterocycles. The van der Waals surface area contributed by atoms with Gasteiger partial charge in [-0.1, -0.05) is 54.1 Å². The molecule has 0 unspecified atom stereocenters. The average molecular weight is 494 g/mol. The van der Waals surface area contributed by atoms with Gasteiger partial charge in [-0.15, -0.1) is 0 Å². The molecule has 2 N–H and O–H groups in total. The Morgan fingerprint density at radius 3 is 2.31 bits per heavy atom. The fraction of sp³-hybridized carbons (Fsp3) is 0.321. The van der Waals surface area contributed by atoms with E-state index in [0.29, 0.717) is 12.4 Å². The van der Waals surface area contributed by atoms with E-state index < -0.39 is 20.5 Å². The molecule has 0 bridgehead atoms. The van der Waals surface area contributed by atoms with E-state index in [4.69, 9.17) is 15.2 Å².